The second-order valence-corrected chi connectivity index (χ2v) is 10.6. The summed E-state index contributed by atoms with van der Waals surface area (Å²) in [4.78, 5) is 42.9. The van der Waals surface area contributed by atoms with Gasteiger partial charge in [0, 0.05) is 31.7 Å². The molecule has 3 amide bonds. The van der Waals surface area contributed by atoms with E-state index in [-0.39, 0.29) is 29.8 Å². The summed E-state index contributed by atoms with van der Waals surface area (Å²) >= 11 is 0. The fraction of sp³-hybridized carbons (Fsp3) is 0.625. The summed E-state index contributed by atoms with van der Waals surface area (Å²) in [6.45, 7) is 10.5. The van der Waals surface area contributed by atoms with Crippen LogP contribution in [-0.4, -0.2) is 65.9 Å². The molecule has 1 saturated carbocycles. The van der Waals surface area contributed by atoms with Gasteiger partial charge in [0.15, 0.2) is 5.78 Å². The lowest BCUT2D eigenvalue weighted by Gasteiger charge is -2.44. The maximum Gasteiger partial charge on any atom is 0.326 e. The molecule has 2 aliphatic heterocycles. The fourth-order valence-corrected chi connectivity index (χ4v) is 5.95. The first-order valence-electron chi connectivity index (χ1n) is 11.4. The van der Waals surface area contributed by atoms with E-state index in [0.29, 0.717) is 56.2 Å². The molecular weight excluding hydrogens is 411 g/mol. The third-order valence-electron chi connectivity index (χ3n) is 7.03. The number of ketones is 1. The smallest absolute Gasteiger partial charge is 0.326 e. The molecule has 1 aromatic rings. The number of hydrogen-bond acceptors (Lipinski definition) is 5. The van der Waals surface area contributed by atoms with Gasteiger partial charge in [-0.3, -0.25) is 14.5 Å². The van der Waals surface area contributed by atoms with Crippen LogP contribution in [-0.2, 0) is 4.79 Å². The monoisotopic (exact) mass is 444 g/mol. The van der Waals surface area contributed by atoms with Gasteiger partial charge in [0.2, 0.25) is 0 Å². The van der Waals surface area contributed by atoms with E-state index in [4.69, 9.17) is 0 Å². The van der Waals surface area contributed by atoms with Crippen molar-refractivity contribution >= 4 is 23.4 Å². The molecule has 2 saturated heterocycles. The van der Waals surface area contributed by atoms with E-state index < -0.39 is 11.4 Å². The molecule has 7 nitrogen and oxygen atoms in total. The van der Waals surface area contributed by atoms with Gasteiger partial charge < -0.3 is 10.2 Å². The van der Waals surface area contributed by atoms with E-state index in [9.17, 15) is 18.8 Å². The van der Waals surface area contributed by atoms with Crippen molar-refractivity contribution < 1.29 is 18.8 Å². The standard InChI is InChI=1S/C24H33FN4O3/c1-16-12-23(3,4)14-24(13-16)21(31)29(22(32)26-24)15-27-7-9-28(10-8-27)20-6-5-18(17(2)30)11-19(20)25/h5-6,11,16H,7-10,12-15H2,1-4H3,(H,26,32). The molecule has 0 aromatic heterocycles. The summed E-state index contributed by atoms with van der Waals surface area (Å²) in [6.07, 6.45) is 2.39. The van der Waals surface area contributed by atoms with Crippen LogP contribution in [0.25, 0.3) is 0 Å². The van der Waals surface area contributed by atoms with Crippen molar-refractivity contribution in [2.24, 2.45) is 11.3 Å². The Morgan fingerprint density at radius 1 is 1.16 bits per heavy atom. The molecule has 0 bridgehead atoms. The number of hydrogen-bond donors (Lipinski definition) is 1. The molecule has 174 valence electrons. The van der Waals surface area contributed by atoms with Crippen LogP contribution < -0.4 is 10.2 Å². The molecule has 2 atom stereocenters. The molecule has 1 spiro atoms. The molecule has 3 aliphatic rings. The number of rotatable bonds is 4. The summed E-state index contributed by atoms with van der Waals surface area (Å²) in [7, 11) is 0. The molecule has 3 fully saturated rings. The Morgan fingerprint density at radius 2 is 1.84 bits per heavy atom. The molecule has 1 N–H and O–H groups in total. The highest BCUT2D eigenvalue weighted by atomic mass is 19.1. The van der Waals surface area contributed by atoms with E-state index in [1.54, 1.807) is 12.1 Å². The van der Waals surface area contributed by atoms with Crippen molar-refractivity contribution in [3.05, 3.63) is 29.6 Å². The van der Waals surface area contributed by atoms with Gasteiger partial charge in [0.05, 0.1) is 12.4 Å². The highest BCUT2D eigenvalue weighted by Crippen LogP contribution is 2.46. The fourth-order valence-electron chi connectivity index (χ4n) is 5.95. The molecule has 32 heavy (non-hydrogen) atoms. The highest BCUT2D eigenvalue weighted by molar-refractivity contribution is 6.07. The molecule has 1 aromatic carbocycles. The molecule has 2 heterocycles. The Kier molecular flexibility index (Phi) is 5.77. The van der Waals surface area contributed by atoms with Gasteiger partial charge in [0.1, 0.15) is 11.4 Å². The van der Waals surface area contributed by atoms with Crippen molar-refractivity contribution in [3.63, 3.8) is 0 Å². The summed E-state index contributed by atoms with van der Waals surface area (Å²) in [6, 6.07) is 4.26. The average molecular weight is 445 g/mol. The number of amides is 3. The maximum absolute atomic E-state index is 14.5. The van der Waals surface area contributed by atoms with Crippen LogP contribution in [0.15, 0.2) is 18.2 Å². The number of benzene rings is 1. The topological polar surface area (TPSA) is 73.0 Å². The number of urea groups is 1. The first-order valence-corrected chi connectivity index (χ1v) is 11.4. The second kappa shape index (κ2) is 8.14. The van der Waals surface area contributed by atoms with Crippen molar-refractivity contribution in [2.75, 3.05) is 37.7 Å². The Bertz CT molecular complexity index is 941. The predicted molar refractivity (Wildman–Crippen MR) is 120 cm³/mol. The quantitative estimate of drug-likeness (QED) is 0.570. The minimum absolute atomic E-state index is 0.00422. The van der Waals surface area contributed by atoms with Crippen molar-refractivity contribution in [1.29, 1.82) is 0 Å². The lowest BCUT2D eigenvalue weighted by molar-refractivity contribution is -0.136. The minimum atomic E-state index is -0.790. The predicted octanol–water partition coefficient (Wildman–Crippen LogP) is 3.24. The normalized spacial score (nSPS) is 28.3. The van der Waals surface area contributed by atoms with Crippen molar-refractivity contribution in [2.45, 2.75) is 52.5 Å². The average Bonchev–Trinajstić information content (AvgIpc) is 2.90. The number of carbonyl (C=O) groups is 3. The van der Waals surface area contributed by atoms with Crippen LogP contribution >= 0.6 is 0 Å². The number of anilines is 1. The van der Waals surface area contributed by atoms with E-state index in [1.807, 2.05) is 4.90 Å². The number of imide groups is 1. The first kappa shape index (κ1) is 22.7. The molecule has 0 radical (unpaired) electrons. The highest BCUT2D eigenvalue weighted by Gasteiger charge is 2.56. The molecule has 4 rings (SSSR count). The van der Waals surface area contributed by atoms with Crippen LogP contribution in [0.2, 0.25) is 0 Å². The summed E-state index contributed by atoms with van der Waals surface area (Å²) in [5, 5.41) is 3.02. The van der Waals surface area contributed by atoms with Gasteiger partial charge in [-0.15, -0.1) is 0 Å². The number of halogens is 1. The van der Waals surface area contributed by atoms with E-state index in [0.717, 1.165) is 6.42 Å². The SMILES string of the molecule is CC(=O)c1ccc(N2CCN(CN3C(=O)NC4(CC(C)CC(C)(C)C4)C3=O)CC2)c(F)c1. The summed E-state index contributed by atoms with van der Waals surface area (Å²) < 4.78 is 14.5. The lowest BCUT2D eigenvalue weighted by Crippen LogP contribution is -2.55. The summed E-state index contributed by atoms with van der Waals surface area (Å²) in [5.41, 5.74) is 0.0472. The van der Waals surface area contributed by atoms with Gasteiger partial charge in [-0.25, -0.2) is 14.1 Å². The third kappa shape index (κ3) is 4.25. The Hall–Kier alpha value is -2.48. The van der Waals surface area contributed by atoms with Gasteiger partial charge in [0.25, 0.3) is 5.91 Å². The van der Waals surface area contributed by atoms with Gasteiger partial charge in [-0.1, -0.05) is 20.8 Å². The van der Waals surface area contributed by atoms with Crippen LogP contribution in [0, 0.1) is 17.2 Å². The zero-order valence-corrected chi connectivity index (χ0v) is 19.4. The minimum Gasteiger partial charge on any atom is -0.367 e. The second-order valence-electron chi connectivity index (χ2n) is 10.6. The number of nitrogens with one attached hydrogen (secondary N) is 1. The Morgan fingerprint density at radius 3 is 2.44 bits per heavy atom. The van der Waals surface area contributed by atoms with Crippen LogP contribution in [0.4, 0.5) is 14.9 Å². The van der Waals surface area contributed by atoms with Crippen LogP contribution in [0.5, 0.6) is 0 Å². The van der Waals surface area contributed by atoms with E-state index >= 15 is 0 Å². The van der Waals surface area contributed by atoms with Crippen molar-refractivity contribution in [1.82, 2.24) is 15.1 Å². The van der Waals surface area contributed by atoms with E-state index in [1.165, 1.54) is 17.9 Å². The Labute approximate surface area is 188 Å². The van der Waals surface area contributed by atoms with Gasteiger partial charge in [-0.05, 0) is 55.7 Å². The number of piperazine rings is 1. The largest absolute Gasteiger partial charge is 0.367 e. The van der Waals surface area contributed by atoms with E-state index in [2.05, 4.69) is 31.0 Å². The lowest BCUT2D eigenvalue weighted by atomic mass is 9.64. The Balaban J connectivity index is 1.39. The molecule has 2 unspecified atom stereocenters. The number of carbonyl (C=O) groups excluding carboxylic acids is 3. The van der Waals surface area contributed by atoms with Crippen LogP contribution in [0.1, 0.15) is 57.3 Å². The molecule has 1 aliphatic carbocycles. The van der Waals surface area contributed by atoms with Crippen LogP contribution in [0.3, 0.4) is 0 Å². The van der Waals surface area contributed by atoms with Gasteiger partial charge in [-0.2, -0.15) is 0 Å². The van der Waals surface area contributed by atoms with Crippen molar-refractivity contribution in [3.8, 4) is 0 Å². The maximum atomic E-state index is 14.5. The number of nitrogens with zero attached hydrogens (tertiary/aromatic N) is 3. The molecule has 8 heteroatoms. The first-order chi connectivity index (χ1) is 15.0. The zero-order chi connectivity index (χ0) is 23.3. The summed E-state index contributed by atoms with van der Waals surface area (Å²) in [5.74, 6) is -0.315. The molecular formula is C24H33FN4O3. The third-order valence-corrected chi connectivity index (χ3v) is 7.03. The number of Topliss-reactive ketones (excluding diaryl/α,β-unsaturated/α-hetero) is 1. The van der Waals surface area contributed by atoms with Gasteiger partial charge >= 0.3 is 6.03 Å². The zero-order valence-electron chi connectivity index (χ0n) is 19.4.